The zero-order valence-electron chi connectivity index (χ0n) is 13.1. The lowest BCUT2D eigenvalue weighted by Gasteiger charge is -2.24. The first-order valence-corrected chi connectivity index (χ1v) is 7.75. The number of rotatable bonds is 2. The minimum Gasteiger partial charge on any atom is -0.377 e. The monoisotopic (exact) mass is 288 g/mol. The maximum atomic E-state index is 2.49. The maximum Gasteiger partial charge on any atom is 0.0472 e. The molecule has 110 valence electrons. The summed E-state index contributed by atoms with van der Waals surface area (Å²) in [6.07, 6.45) is 0. The Morgan fingerprint density at radius 3 is 2.05 bits per heavy atom. The minimum atomic E-state index is 0.997. The van der Waals surface area contributed by atoms with Crippen molar-refractivity contribution in [2.24, 2.45) is 0 Å². The van der Waals surface area contributed by atoms with E-state index in [1.807, 2.05) is 0 Å². The Hall–Kier alpha value is -2.48. The smallest absolute Gasteiger partial charge is 0.0472 e. The van der Waals surface area contributed by atoms with Gasteiger partial charge in [-0.2, -0.15) is 0 Å². The third-order valence-electron chi connectivity index (χ3n) is 4.52. The number of fused-ring (bicyclic) bond motifs is 2. The van der Waals surface area contributed by atoms with E-state index in [1.54, 1.807) is 0 Å². The van der Waals surface area contributed by atoms with Gasteiger partial charge < -0.3 is 9.80 Å². The van der Waals surface area contributed by atoms with Crippen LogP contribution in [0.4, 0.5) is 11.4 Å². The Balaban J connectivity index is 1.87. The molecule has 3 aromatic rings. The fraction of sp³-hybridized carbons (Fsp3) is 0.200. The van der Waals surface area contributed by atoms with Gasteiger partial charge in [0.05, 0.1) is 0 Å². The fourth-order valence-electron chi connectivity index (χ4n) is 3.44. The van der Waals surface area contributed by atoms with Gasteiger partial charge in [0, 0.05) is 43.9 Å². The molecule has 0 spiro atoms. The summed E-state index contributed by atoms with van der Waals surface area (Å²) in [5, 5.41) is 2.66. The number of hydrogen-bond acceptors (Lipinski definition) is 2. The topological polar surface area (TPSA) is 6.48 Å². The normalized spacial score (nSPS) is 13.5. The molecule has 0 radical (unpaired) electrons. The molecule has 1 heterocycles. The van der Waals surface area contributed by atoms with Gasteiger partial charge in [-0.3, -0.25) is 0 Å². The molecule has 0 atom stereocenters. The van der Waals surface area contributed by atoms with E-state index in [1.165, 1.54) is 33.3 Å². The standard InChI is InChI=1S/C20H20N2/c1-21(2)18-11-5-9-15-10-6-12-19(20(15)18)22-13-16-7-3-4-8-17(16)14-22/h3-12H,13-14H2,1-2H3. The Morgan fingerprint density at radius 1 is 0.773 bits per heavy atom. The molecule has 0 saturated carbocycles. The van der Waals surface area contributed by atoms with Crippen molar-refractivity contribution in [3.8, 4) is 0 Å². The van der Waals surface area contributed by atoms with Gasteiger partial charge in [0.25, 0.3) is 0 Å². The maximum absolute atomic E-state index is 2.49. The lowest BCUT2D eigenvalue weighted by molar-refractivity contribution is 0.885. The van der Waals surface area contributed by atoms with E-state index in [0.717, 1.165) is 13.1 Å². The van der Waals surface area contributed by atoms with Crippen LogP contribution < -0.4 is 9.80 Å². The zero-order chi connectivity index (χ0) is 15.1. The van der Waals surface area contributed by atoms with Gasteiger partial charge in [0.1, 0.15) is 0 Å². The number of hydrogen-bond donors (Lipinski definition) is 0. The van der Waals surface area contributed by atoms with Crippen LogP contribution in [0.15, 0.2) is 60.7 Å². The van der Waals surface area contributed by atoms with Crippen molar-refractivity contribution in [2.45, 2.75) is 13.1 Å². The first-order chi connectivity index (χ1) is 10.7. The molecule has 0 N–H and O–H groups in total. The summed E-state index contributed by atoms with van der Waals surface area (Å²) in [7, 11) is 4.23. The highest BCUT2D eigenvalue weighted by atomic mass is 15.2. The summed E-state index contributed by atoms with van der Waals surface area (Å²) < 4.78 is 0. The van der Waals surface area contributed by atoms with Gasteiger partial charge in [0.2, 0.25) is 0 Å². The van der Waals surface area contributed by atoms with E-state index in [4.69, 9.17) is 0 Å². The molecular weight excluding hydrogens is 268 g/mol. The molecule has 0 saturated heterocycles. The Bertz CT molecular complexity index is 806. The van der Waals surface area contributed by atoms with Crippen molar-refractivity contribution in [1.82, 2.24) is 0 Å². The Labute approximate surface area is 131 Å². The summed E-state index contributed by atoms with van der Waals surface area (Å²) >= 11 is 0. The van der Waals surface area contributed by atoms with Crippen LogP contribution >= 0.6 is 0 Å². The molecule has 2 heteroatoms. The summed E-state index contributed by atoms with van der Waals surface area (Å²) in [6.45, 7) is 1.99. The Kier molecular flexibility index (Phi) is 3.04. The van der Waals surface area contributed by atoms with E-state index in [2.05, 4.69) is 84.6 Å². The molecule has 3 aromatic carbocycles. The van der Waals surface area contributed by atoms with Crippen molar-refractivity contribution in [1.29, 1.82) is 0 Å². The average molecular weight is 288 g/mol. The molecular formula is C20H20N2. The zero-order valence-corrected chi connectivity index (χ0v) is 13.1. The molecule has 1 aliphatic heterocycles. The van der Waals surface area contributed by atoms with E-state index < -0.39 is 0 Å². The second-order valence-electron chi connectivity index (χ2n) is 6.17. The lowest BCUT2D eigenvalue weighted by Crippen LogP contribution is -2.16. The van der Waals surface area contributed by atoms with Gasteiger partial charge >= 0.3 is 0 Å². The number of nitrogens with zero attached hydrogens (tertiary/aromatic N) is 2. The van der Waals surface area contributed by atoms with Crippen molar-refractivity contribution in [3.05, 3.63) is 71.8 Å². The SMILES string of the molecule is CN(C)c1cccc2cccc(N3Cc4ccccc4C3)c12. The quantitative estimate of drug-likeness (QED) is 0.688. The highest BCUT2D eigenvalue weighted by Gasteiger charge is 2.21. The first-order valence-electron chi connectivity index (χ1n) is 7.75. The third kappa shape index (κ3) is 2.03. The summed E-state index contributed by atoms with van der Waals surface area (Å²) in [5.74, 6) is 0. The molecule has 0 unspecified atom stereocenters. The molecule has 1 aliphatic rings. The first kappa shape index (κ1) is 13.2. The van der Waals surface area contributed by atoms with Gasteiger partial charge in [0.15, 0.2) is 0 Å². The van der Waals surface area contributed by atoms with E-state index >= 15 is 0 Å². The molecule has 0 aliphatic carbocycles. The van der Waals surface area contributed by atoms with Gasteiger partial charge in [-0.25, -0.2) is 0 Å². The molecule has 22 heavy (non-hydrogen) atoms. The van der Waals surface area contributed by atoms with Gasteiger partial charge in [-0.1, -0.05) is 48.5 Å². The van der Waals surface area contributed by atoms with Crippen LogP contribution in [0.3, 0.4) is 0 Å². The minimum absolute atomic E-state index is 0.997. The van der Waals surface area contributed by atoms with Crippen LogP contribution in [0, 0.1) is 0 Å². The van der Waals surface area contributed by atoms with E-state index in [0.29, 0.717) is 0 Å². The van der Waals surface area contributed by atoms with Gasteiger partial charge in [-0.15, -0.1) is 0 Å². The molecule has 2 nitrogen and oxygen atoms in total. The molecule has 0 bridgehead atoms. The van der Waals surface area contributed by atoms with Crippen molar-refractivity contribution in [3.63, 3.8) is 0 Å². The third-order valence-corrected chi connectivity index (χ3v) is 4.52. The van der Waals surface area contributed by atoms with Crippen molar-refractivity contribution >= 4 is 22.1 Å². The van der Waals surface area contributed by atoms with Crippen LogP contribution in [0.2, 0.25) is 0 Å². The van der Waals surface area contributed by atoms with Crippen LogP contribution in [-0.2, 0) is 13.1 Å². The predicted molar refractivity (Wildman–Crippen MR) is 94.6 cm³/mol. The molecule has 0 amide bonds. The largest absolute Gasteiger partial charge is 0.377 e. The summed E-state index contributed by atoms with van der Waals surface area (Å²) in [4.78, 5) is 4.69. The average Bonchev–Trinajstić information content (AvgIpc) is 2.97. The van der Waals surface area contributed by atoms with Crippen molar-refractivity contribution < 1.29 is 0 Å². The predicted octanol–water partition coefficient (Wildman–Crippen LogP) is 4.43. The summed E-state index contributed by atoms with van der Waals surface area (Å²) in [6, 6.07) is 21.9. The van der Waals surface area contributed by atoms with Crippen LogP contribution in [0.5, 0.6) is 0 Å². The number of benzene rings is 3. The fourth-order valence-corrected chi connectivity index (χ4v) is 3.44. The van der Waals surface area contributed by atoms with Gasteiger partial charge in [-0.05, 0) is 28.6 Å². The lowest BCUT2D eigenvalue weighted by atomic mass is 10.1. The number of anilines is 2. The molecule has 0 fully saturated rings. The highest BCUT2D eigenvalue weighted by molar-refractivity contribution is 6.03. The second-order valence-corrected chi connectivity index (χ2v) is 6.17. The van der Waals surface area contributed by atoms with Crippen LogP contribution in [0.1, 0.15) is 11.1 Å². The molecule has 0 aromatic heterocycles. The molecule has 4 rings (SSSR count). The second kappa shape index (κ2) is 5.06. The van der Waals surface area contributed by atoms with Crippen LogP contribution in [-0.4, -0.2) is 14.1 Å². The van der Waals surface area contributed by atoms with E-state index in [-0.39, 0.29) is 0 Å². The summed E-state index contributed by atoms with van der Waals surface area (Å²) in [5.41, 5.74) is 5.51. The van der Waals surface area contributed by atoms with Crippen molar-refractivity contribution in [2.75, 3.05) is 23.9 Å². The highest BCUT2D eigenvalue weighted by Crippen LogP contribution is 2.37. The van der Waals surface area contributed by atoms with E-state index in [9.17, 15) is 0 Å². The van der Waals surface area contributed by atoms with Crippen LogP contribution in [0.25, 0.3) is 10.8 Å². The Morgan fingerprint density at radius 2 is 1.41 bits per heavy atom.